The van der Waals surface area contributed by atoms with Crippen LogP contribution in [0.5, 0.6) is 0 Å². The Kier molecular flexibility index (Phi) is 5.41. The van der Waals surface area contributed by atoms with Crippen molar-refractivity contribution in [2.24, 2.45) is 11.7 Å². The predicted octanol–water partition coefficient (Wildman–Crippen LogP) is 0.417. The Bertz CT molecular complexity index is 335. The number of aliphatic hydroxyl groups is 1. The van der Waals surface area contributed by atoms with Crippen LogP contribution in [0.25, 0.3) is 0 Å². The lowest BCUT2D eigenvalue weighted by Crippen LogP contribution is -2.42. The van der Waals surface area contributed by atoms with Gasteiger partial charge in [0.1, 0.15) is 0 Å². The van der Waals surface area contributed by atoms with Gasteiger partial charge in [0.25, 0.3) is 0 Å². The van der Waals surface area contributed by atoms with Gasteiger partial charge in [-0.3, -0.25) is 4.79 Å². The standard InChI is InChI=1S/C15H29N3O2/c1-17(2)9-13-8-14(19)10-18(13)15(20)7-11-4-3-5-12(16)6-11/h11-14,19H,3-10,16H2,1-2H3. The maximum absolute atomic E-state index is 12.5. The van der Waals surface area contributed by atoms with Gasteiger partial charge in [0.05, 0.1) is 6.10 Å². The largest absolute Gasteiger partial charge is 0.391 e. The van der Waals surface area contributed by atoms with E-state index >= 15 is 0 Å². The molecule has 1 saturated heterocycles. The van der Waals surface area contributed by atoms with Gasteiger partial charge in [-0.05, 0) is 45.7 Å². The number of likely N-dealkylation sites (N-methyl/N-ethyl adjacent to an activating group) is 1. The quantitative estimate of drug-likeness (QED) is 0.784. The van der Waals surface area contributed by atoms with Crippen LogP contribution < -0.4 is 5.73 Å². The number of aliphatic hydroxyl groups excluding tert-OH is 1. The summed E-state index contributed by atoms with van der Waals surface area (Å²) in [6.07, 6.45) is 5.27. The molecule has 20 heavy (non-hydrogen) atoms. The number of nitrogens with two attached hydrogens (primary N) is 1. The lowest BCUT2D eigenvalue weighted by Gasteiger charge is -2.31. The van der Waals surface area contributed by atoms with E-state index < -0.39 is 0 Å². The van der Waals surface area contributed by atoms with E-state index in [0.29, 0.717) is 25.3 Å². The van der Waals surface area contributed by atoms with Crippen molar-refractivity contribution in [3.8, 4) is 0 Å². The molecule has 0 aromatic rings. The number of likely N-dealkylation sites (tertiary alicyclic amines) is 1. The van der Waals surface area contributed by atoms with Crippen LogP contribution in [0.4, 0.5) is 0 Å². The number of carbonyl (C=O) groups is 1. The lowest BCUT2D eigenvalue weighted by molar-refractivity contribution is -0.133. The molecule has 1 saturated carbocycles. The predicted molar refractivity (Wildman–Crippen MR) is 79.2 cm³/mol. The summed E-state index contributed by atoms with van der Waals surface area (Å²) in [5.41, 5.74) is 6.00. The molecule has 116 valence electrons. The third-order valence-corrected chi connectivity index (χ3v) is 4.58. The Morgan fingerprint density at radius 3 is 2.75 bits per heavy atom. The number of hydrogen-bond donors (Lipinski definition) is 2. The lowest BCUT2D eigenvalue weighted by atomic mass is 9.84. The van der Waals surface area contributed by atoms with E-state index in [9.17, 15) is 9.90 Å². The van der Waals surface area contributed by atoms with Crippen molar-refractivity contribution < 1.29 is 9.90 Å². The fourth-order valence-corrected chi connectivity index (χ4v) is 3.67. The fourth-order valence-electron chi connectivity index (χ4n) is 3.67. The molecule has 2 rings (SSSR count). The molecular weight excluding hydrogens is 254 g/mol. The summed E-state index contributed by atoms with van der Waals surface area (Å²) in [6.45, 7) is 1.32. The second-order valence-electron chi connectivity index (χ2n) is 6.85. The first-order valence-electron chi connectivity index (χ1n) is 7.83. The normalized spacial score (nSPS) is 34.8. The van der Waals surface area contributed by atoms with E-state index in [1.807, 2.05) is 19.0 Å². The molecule has 4 unspecified atom stereocenters. The van der Waals surface area contributed by atoms with Crippen molar-refractivity contribution in [1.29, 1.82) is 0 Å². The number of β-amino-alcohol motifs (C(OH)–C–C–N with tert-alkyl or cyclic N) is 1. The maximum Gasteiger partial charge on any atom is 0.223 e. The van der Waals surface area contributed by atoms with Gasteiger partial charge < -0.3 is 20.6 Å². The van der Waals surface area contributed by atoms with Gasteiger partial charge in [-0.2, -0.15) is 0 Å². The van der Waals surface area contributed by atoms with Crippen LogP contribution in [0.2, 0.25) is 0 Å². The van der Waals surface area contributed by atoms with Crippen LogP contribution in [0.1, 0.15) is 38.5 Å². The molecule has 0 aromatic heterocycles. The molecular formula is C15H29N3O2. The van der Waals surface area contributed by atoms with Crippen molar-refractivity contribution in [2.45, 2.75) is 56.7 Å². The highest BCUT2D eigenvalue weighted by molar-refractivity contribution is 5.77. The molecule has 1 heterocycles. The van der Waals surface area contributed by atoms with Gasteiger partial charge in [-0.15, -0.1) is 0 Å². The Balaban J connectivity index is 1.89. The van der Waals surface area contributed by atoms with Crippen LogP contribution in [0, 0.1) is 5.92 Å². The molecule has 2 fully saturated rings. The van der Waals surface area contributed by atoms with E-state index in [4.69, 9.17) is 5.73 Å². The van der Waals surface area contributed by atoms with E-state index in [2.05, 4.69) is 4.90 Å². The summed E-state index contributed by atoms with van der Waals surface area (Å²) in [4.78, 5) is 16.5. The first kappa shape index (κ1) is 15.7. The third kappa shape index (κ3) is 4.17. The van der Waals surface area contributed by atoms with Crippen molar-refractivity contribution >= 4 is 5.91 Å². The van der Waals surface area contributed by atoms with Crippen molar-refractivity contribution in [1.82, 2.24) is 9.80 Å². The summed E-state index contributed by atoms with van der Waals surface area (Å²) in [6, 6.07) is 0.424. The summed E-state index contributed by atoms with van der Waals surface area (Å²) >= 11 is 0. The average molecular weight is 283 g/mol. The average Bonchev–Trinajstić information content (AvgIpc) is 2.69. The molecule has 2 aliphatic rings. The van der Waals surface area contributed by atoms with E-state index in [0.717, 1.165) is 32.2 Å². The van der Waals surface area contributed by atoms with Crippen LogP contribution in [-0.4, -0.2) is 66.2 Å². The van der Waals surface area contributed by atoms with Crippen LogP contribution in [-0.2, 0) is 4.79 Å². The van der Waals surface area contributed by atoms with Crippen molar-refractivity contribution in [3.63, 3.8) is 0 Å². The Morgan fingerprint density at radius 2 is 2.10 bits per heavy atom. The Morgan fingerprint density at radius 1 is 1.35 bits per heavy atom. The number of nitrogens with zero attached hydrogens (tertiary/aromatic N) is 2. The second kappa shape index (κ2) is 6.87. The van der Waals surface area contributed by atoms with Gasteiger partial charge >= 0.3 is 0 Å². The molecule has 0 spiro atoms. The molecule has 0 bridgehead atoms. The molecule has 5 heteroatoms. The molecule has 1 aliphatic heterocycles. The molecule has 5 nitrogen and oxygen atoms in total. The topological polar surface area (TPSA) is 69.8 Å². The molecule has 4 atom stereocenters. The number of hydrogen-bond acceptors (Lipinski definition) is 4. The summed E-state index contributed by atoms with van der Waals surface area (Å²) < 4.78 is 0. The highest BCUT2D eigenvalue weighted by Crippen LogP contribution is 2.28. The number of carbonyl (C=O) groups excluding carboxylic acids is 1. The molecule has 1 amide bonds. The monoisotopic (exact) mass is 283 g/mol. The zero-order chi connectivity index (χ0) is 14.7. The molecule has 0 radical (unpaired) electrons. The van der Waals surface area contributed by atoms with Crippen molar-refractivity contribution in [2.75, 3.05) is 27.2 Å². The maximum atomic E-state index is 12.5. The fraction of sp³-hybridized carbons (Fsp3) is 0.933. The van der Waals surface area contributed by atoms with Crippen LogP contribution in [0.15, 0.2) is 0 Å². The minimum absolute atomic E-state index is 0.157. The highest BCUT2D eigenvalue weighted by atomic mass is 16.3. The molecule has 1 aliphatic carbocycles. The first-order chi connectivity index (χ1) is 9.45. The molecule has 0 aromatic carbocycles. The van der Waals surface area contributed by atoms with Crippen molar-refractivity contribution in [3.05, 3.63) is 0 Å². The minimum atomic E-state index is -0.363. The van der Waals surface area contributed by atoms with Crippen LogP contribution in [0.3, 0.4) is 0 Å². The minimum Gasteiger partial charge on any atom is -0.391 e. The Hall–Kier alpha value is -0.650. The first-order valence-corrected chi connectivity index (χ1v) is 7.83. The summed E-state index contributed by atoms with van der Waals surface area (Å²) in [5.74, 6) is 0.636. The Labute approximate surface area is 122 Å². The van der Waals surface area contributed by atoms with Gasteiger partial charge in [0, 0.05) is 31.6 Å². The highest BCUT2D eigenvalue weighted by Gasteiger charge is 2.35. The van der Waals surface area contributed by atoms with E-state index in [1.165, 1.54) is 0 Å². The SMILES string of the molecule is CN(C)CC1CC(O)CN1C(=O)CC1CCCC(N)C1. The summed E-state index contributed by atoms with van der Waals surface area (Å²) in [7, 11) is 4.01. The second-order valence-corrected chi connectivity index (χ2v) is 6.85. The van der Waals surface area contributed by atoms with Gasteiger partial charge in [0.15, 0.2) is 0 Å². The van der Waals surface area contributed by atoms with E-state index in [-0.39, 0.29) is 24.1 Å². The zero-order valence-electron chi connectivity index (χ0n) is 12.8. The van der Waals surface area contributed by atoms with Gasteiger partial charge in [-0.1, -0.05) is 6.42 Å². The molecule has 3 N–H and O–H groups in total. The third-order valence-electron chi connectivity index (χ3n) is 4.58. The smallest absolute Gasteiger partial charge is 0.223 e. The van der Waals surface area contributed by atoms with E-state index in [1.54, 1.807) is 0 Å². The number of rotatable bonds is 4. The van der Waals surface area contributed by atoms with Gasteiger partial charge in [-0.25, -0.2) is 0 Å². The summed E-state index contributed by atoms with van der Waals surface area (Å²) in [5, 5.41) is 9.85. The number of amides is 1. The zero-order valence-corrected chi connectivity index (χ0v) is 12.8. The van der Waals surface area contributed by atoms with Gasteiger partial charge in [0.2, 0.25) is 5.91 Å². The van der Waals surface area contributed by atoms with Crippen LogP contribution >= 0.6 is 0 Å².